The monoisotopic (exact) mass is 292 g/mol. The molecule has 0 amide bonds. The van der Waals surface area contributed by atoms with Gasteiger partial charge in [0.2, 0.25) is 0 Å². The molecule has 0 aromatic rings. The molecule has 0 spiro atoms. The Kier molecular flexibility index (Phi) is 7.55. The number of hydrogen-bond acceptors (Lipinski definition) is 10. The molecule has 0 radical (unpaired) electrons. The largest absolute Gasteiger partial charge is 0.383 e. The summed E-state index contributed by atoms with van der Waals surface area (Å²) in [6.07, 6.45) is -1.96. The average Bonchev–Trinajstić information content (AvgIpc) is 2.39. The standard InChI is InChI=1S/C10H12O10/c1-5(11)9(15)19-17-7(13)3-4-8(14)18-20-10(16)6(2)12/h3-6,11-12H,1-2H3/b4-3-. The molecular formula is C10H12O10. The molecular weight excluding hydrogens is 280 g/mol. The first-order chi connectivity index (χ1) is 9.23. The smallest absolute Gasteiger partial charge is 0.382 e. The van der Waals surface area contributed by atoms with Crippen molar-refractivity contribution >= 4 is 23.9 Å². The summed E-state index contributed by atoms with van der Waals surface area (Å²) in [5.41, 5.74) is 0. The van der Waals surface area contributed by atoms with E-state index in [1.165, 1.54) is 0 Å². The zero-order valence-corrected chi connectivity index (χ0v) is 10.5. The van der Waals surface area contributed by atoms with E-state index in [1.807, 2.05) is 0 Å². The fourth-order valence-corrected chi connectivity index (χ4v) is 0.495. The molecule has 0 heterocycles. The minimum absolute atomic E-state index is 0.508. The zero-order chi connectivity index (χ0) is 15.7. The van der Waals surface area contributed by atoms with E-state index in [1.54, 1.807) is 0 Å². The predicted molar refractivity (Wildman–Crippen MR) is 56.9 cm³/mol. The van der Waals surface area contributed by atoms with Crippen molar-refractivity contribution in [1.82, 2.24) is 0 Å². The summed E-state index contributed by atoms with van der Waals surface area (Å²) in [6, 6.07) is 0. The van der Waals surface area contributed by atoms with Crippen LogP contribution in [0.1, 0.15) is 13.8 Å². The fraction of sp³-hybridized carbons (Fsp3) is 0.400. The first kappa shape index (κ1) is 17.5. The van der Waals surface area contributed by atoms with Crippen LogP contribution < -0.4 is 0 Å². The Balaban J connectivity index is 4.04. The molecule has 2 atom stereocenters. The molecule has 0 aliphatic rings. The summed E-state index contributed by atoms with van der Waals surface area (Å²) in [6.45, 7) is 2.17. The molecule has 0 aliphatic carbocycles. The number of carbonyl (C=O) groups excluding carboxylic acids is 4. The molecule has 0 aliphatic heterocycles. The van der Waals surface area contributed by atoms with Gasteiger partial charge < -0.3 is 10.2 Å². The first-order valence-corrected chi connectivity index (χ1v) is 5.13. The summed E-state index contributed by atoms with van der Waals surface area (Å²) >= 11 is 0. The van der Waals surface area contributed by atoms with Gasteiger partial charge in [0, 0.05) is 12.2 Å². The van der Waals surface area contributed by atoms with Crippen LogP contribution in [0.3, 0.4) is 0 Å². The van der Waals surface area contributed by atoms with Crippen molar-refractivity contribution in [2.24, 2.45) is 0 Å². The van der Waals surface area contributed by atoms with Crippen LogP contribution in [-0.2, 0) is 38.7 Å². The third-order valence-electron chi connectivity index (χ3n) is 1.45. The topological polar surface area (TPSA) is 146 Å². The van der Waals surface area contributed by atoms with Gasteiger partial charge in [-0.3, -0.25) is 0 Å². The second-order valence-corrected chi connectivity index (χ2v) is 3.29. The lowest BCUT2D eigenvalue weighted by Crippen LogP contribution is -2.21. The molecule has 2 unspecified atom stereocenters. The SMILES string of the molecule is CC(O)C(=O)OOC(=O)/C=C\C(=O)OOC(=O)C(C)O. The molecule has 2 N–H and O–H groups in total. The quantitative estimate of drug-likeness (QED) is 0.349. The number of carbonyl (C=O) groups is 4. The Hall–Kier alpha value is -2.46. The second-order valence-electron chi connectivity index (χ2n) is 3.29. The number of aliphatic hydroxyl groups excluding tert-OH is 2. The molecule has 10 nitrogen and oxygen atoms in total. The maximum absolute atomic E-state index is 10.9. The van der Waals surface area contributed by atoms with Gasteiger partial charge in [0.05, 0.1) is 0 Å². The molecule has 0 fully saturated rings. The van der Waals surface area contributed by atoms with Gasteiger partial charge in [0.15, 0.2) is 12.2 Å². The van der Waals surface area contributed by atoms with Crippen molar-refractivity contribution in [3.05, 3.63) is 12.2 Å². The molecule has 0 bridgehead atoms. The maximum Gasteiger partial charge on any atom is 0.383 e. The summed E-state index contributed by atoms with van der Waals surface area (Å²) < 4.78 is 0. The van der Waals surface area contributed by atoms with Crippen LogP contribution in [0.25, 0.3) is 0 Å². The van der Waals surface area contributed by atoms with Crippen LogP contribution in [0, 0.1) is 0 Å². The highest BCUT2D eigenvalue weighted by atomic mass is 17.2. The van der Waals surface area contributed by atoms with Gasteiger partial charge in [-0.05, 0) is 13.8 Å². The van der Waals surface area contributed by atoms with Gasteiger partial charge in [-0.15, -0.1) is 0 Å². The predicted octanol–water partition coefficient (Wildman–Crippen LogP) is -1.69. The normalized spacial score (nSPS) is 13.2. The lowest BCUT2D eigenvalue weighted by molar-refractivity contribution is -0.261. The van der Waals surface area contributed by atoms with E-state index in [4.69, 9.17) is 10.2 Å². The van der Waals surface area contributed by atoms with Gasteiger partial charge in [-0.2, -0.15) is 0 Å². The highest BCUT2D eigenvalue weighted by Gasteiger charge is 2.15. The summed E-state index contributed by atoms with van der Waals surface area (Å²) in [4.78, 5) is 58.7. The highest BCUT2D eigenvalue weighted by molar-refractivity contribution is 5.91. The third kappa shape index (κ3) is 7.79. The minimum Gasteiger partial charge on any atom is -0.382 e. The first-order valence-electron chi connectivity index (χ1n) is 5.13. The lowest BCUT2D eigenvalue weighted by Gasteiger charge is -2.02. The zero-order valence-electron chi connectivity index (χ0n) is 10.5. The van der Waals surface area contributed by atoms with Crippen molar-refractivity contribution in [1.29, 1.82) is 0 Å². The van der Waals surface area contributed by atoms with E-state index >= 15 is 0 Å². The average molecular weight is 292 g/mol. The van der Waals surface area contributed by atoms with E-state index in [0.29, 0.717) is 12.2 Å². The van der Waals surface area contributed by atoms with Crippen molar-refractivity contribution in [3.8, 4) is 0 Å². The van der Waals surface area contributed by atoms with Crippen LogP contribution in [0.15, 0.2) is 12.2 Å². The van der Waals surface area contributed by atoms with Crippen LogP contribution >= 0.6 is 0 Å². The van der Waals surface area contributed by atoms with E-state index in [2.05, 4.69) is 19.6 Å². The van der Waals surface area contributed by atoms with Crippen LogP contribution in [0.5, 0.6) is 0 Å². The van der Waals surface area contributed by atoms with Crippen LogP contribution in [0.2, 0.25) is 0 Å². The molecule has 0 rings (SSSR count). The molecule has 0 saturated carbocycles. The Labute approximate surface area is 112 Å². The van der Waals surface area contributed by atoms with Gasteiger partial charge in [-0.25, -0.2) is 38.7 Å². The molecule has 0 aromatic carbocycles. The van der Waals surface area contributed by atoms with Crippen molar-refractivity contribution in [2.45, 2.75) is 26.1 Å². The molecule has 20 heavy (non-hydrogen) atoms. The highest BCUT2D eigenvalue weighted by Crippen LogP contribution is 1.93. The van der Waals surface area contributed by atoms with Gasteiger partial charge >= 0.3 is 23.9 Å². The van der Waals surface area contributed by atoms with Gasteiger partial charge in [0.1, 0.15) is 0 Å². The lowest BCUT2D eigenvalue weighted by atomic mass is 10.4. The summed E-state index contributed by atoms with van der Waals surface area (Å²) in [5, 5.41) is 17.4. The second kappa shape index (κ2) is 8.61. The Morgan fingerprint density at radius 1 is 0.750 bits per heavy atom. The summed E-state index contributed by atoms with van der Waals surface area (Å²) in [5.74, 6) is -4.92. The number of aliphatic hydroxyl groups is 2. The van der Waals surface area contributed by atoms with Crippen molar-refractivity contribution < 1.29 is 48.9 Å². The Morgan fingerprint density at radius 3 is 1.30 bits per heavy atom. The molecule has 10 heteroatoms. The molecule has 0 saturated heterocycles. The number of rotatable bonds is 4. The van der Waals surface area contributed by atoms with Gasteiger partial charge in [0.25, 0.3) is 0 Å². The maximum atomic E-state index is 10.9. The number of hydrogen-bond donors (Lipinski definition) is 2. The Bertz CT molecular complexity index is 370. The fourth-order valence-electron chi connectivity index (χ4n) is 0.495. The van der Waals surface area contributed by atoms with E-state index in [9.17, 15) is 19.2 Å². The Morgan fingerprint density at radius 2 is 1.05 bits per heavy atom. The van der Waals surface area contributed by atoms with E-state index < -0.39 is 36.1 Å². The third-order valence-corrected chi connectivity index (χ3v) is 1.45. The van der Waals surface area contributed by atoms with Crippen molar-refractivity contribution in [3.63, 3.8) is 0 Å². The summed E-state index contributed by atoms with van der Waals surface area (Å²) in [7, 11) is 0. The molecule has 112 valence electrons. The van der Waals surface area contributed by atoms with E-state index in [-0.39, 0.29) is 0 Å². The van der Waals surface area contributed by atoms with Crippen LogP contribution in [0.4, 0.5) is 0 Å². The van der Waals surface area contributed by atoms with Gasteiger partial charge in [-0.1, -0.05) is 0 Å². The van der Waals surface area contributed by atoms with E-state index in [0.717, 1.165) is 13.8 Å². The minimum atomic E-state index is -1.49. The van der Waals surface area contributed by atoms with Crippen molar-refractivity contribution in [2.75, 3.05) is 0 Å². The molecule has 0 aromatic heterocycles. The van der Waals surface area contributed by atoms with Crippen LogP contribution in [-0.4, -0.2) is 46.3 Å².